The van der Waals surface area contributed by atoms with Gasteiger partial charge in [0.25, 0.3) is 5.91 Å². The molecule has 1 atom stereocenters. The summed E-state index contributed by atoms with van der Waals surface area (Å²) in [6.07, 6.45) is 0.929. The first-order valence-corrected chi connectivity index (χ1v) is 10.2. The summed E-state index contributed by atoms with van der Waals surface area (Å²) in [5.41, 5.74) is 1.85. The van der Waals surface area contributed by atoms with Crippen molar-refractivity contribution in [2.75, 3.05) is 32.8 Å². The van der Waals surface area contributed by atoms with Gasteiger partial charge >= 0.3 is 0 Å². The number of hydrogen-bond acceptors (Lipinski definition) is 3. The Morgan fingerprint density at radius 1 is 0.967 bits per heavy atom. The third kappa shape index (κ3) is 10.1. The van der Waals surface area contributed by atoms with Crippen LogP contribution in [0.25, 0.3) is 0 Å². The highest BCUT2D eigenvalue weighted by atomic mass is 127. The molecule has 0 aliphatic rings. The van der Waals surface area contributed by atoms with E-state index in [1.54, 1.807) is 12.1 Å². The average Bonchev–Trinajstić information content (AvgIpc) is 2.77. The number of halogens is 1. The normalized spacial score (nSPS) is 11.9. The van der Waals surface area contributed by atoms with Crippen molar-refractivity contribution >= 4 is 35.8 Å². The predicted octanol–water partition coefficient (Wildman–Crippen LogP) is 3.76. The summed E-state index contributed by atoms with van der Waals surface area (Å²) in [5, 5.41) is 9.35. The lowest BCUT2D eigenvalue weighted by Gasteiger charge is -2.14. The first kappa shape index (κ1) is 25.9. The molecule has 0 heterocycles. The van der Waals surface area contributed by atoms with Gasteiger partial charge in [-0.15, -0.1) is 24.0 Å². The SMILES string of the molecule is CCNC(=NCCCOC(C)c1ccccc1)NCCNC(=O)c1ccccc1.I. The molecule has 0 aliphatic heterocycles. The highest BCUT2D eigenvalue weighted by molar-refractivity contribution is 14.0. The number of aliphatic imine (C=N–C) groups is 1. The van der Waals surface area contributed by atoms with Crippen LogP contribution in [-0.4, -0.2) is 44.7 Å². The van der Waals surface area contributed by atoms with Crippen LogP contribution in [0.4, 0.5) is 0 Å². The topological polar surface area (TPSA) is 74.8 Å². The first-order chi connectivity index (χ1) is 14.2. The standard InChI is InChI=1S/C23H32N4O2.HI/c1-3-24-23(27-17-16-25-22(28)21-13-8-5-9-14-21)26-15-10-18-29-19(2)20-11-6-4-7-12-20;/h4-9,11-14,19H,3,10,15-18H2,1-2H3,(H,25,28)(H2,24,26,27);1H. The van der Waals surface area contributed by atoms with E-state index in [1.807, 2.05) is 43.3 Å². The summed E-state index contributed by atoms with van der Waals surface area (Å²) in [5.74, 6) is 0.677. The predicted molar refractivity (Wildman–Crippen MR) is 134 cm³/mol. The minimum absolute atomic E-state index is 0. The lowest BCUT2D eigenvalue weighted by Crippen LogP contribution is -2.41. The molecule has 2 rings (SSSR count). The molecular formula is C23H33IN4O2. The summed E-state index contributed by atoms with van der Waals surface area (Å²) >= 11 is 0. The van der Waals surface area contributed by atoms with E-state index in [0.29, 0.717) is 31.8 Å². The Balaban J connectivity index is 0.00000450. The van der Waals surface area contributed by atoms with E-state index in [-0.39, 0.29) is 36.0 Å². The molecule has 1 amide bonds. The quantitative estimate of drug-likeness (QED) is 0.181. The molecule has 0 saturated carbocycles. The molecule has 0 aromatic heterocycles. The second-order valence-corrected chi connectivity index (χ2v) is 6.59. The largest absolute Gasteiger partial charge is 0.374 e. The van der Waals surface area contributed by atoms with Gasteiger partial charge in [0.1, 0.15) is 0 Å². The number of guanidine groups is 1. The number of nitrogens with one attached hydrogen (secondary N) is 3. The van der Waals surface area contributed by atoms with Crippen molar-refractivity contribution in [2.45, 2.75) is 26.4 Å². The van der Waals surface area contributed by atoms with Gasteiger partial charge in [-0.05, 0) is 38.0 Å². The molecule has 0 aliphatic carbocycles. The van der Waals surface area contributed by atoms with E-state index in [4.69, 9.17) is 4.74 Å². The molecule has 6 nitrogen and oxygen atoms in total. The fourth-order valence-corrected chi connectivity index (χ4v) is 2.73. The van der Waals surface area contributed by atoms with E-state index in [1.165, 1.54) is 5.56 Å². The van der Waals surface area contributed by atoms with Gasteiger partial charge in [-0.2, -0.15) is 0 Å². The van der Waals surface area contributed by atoms with Gasteiger partial charge in [0.05, 0.1) is 6.10 Å². The van der Waals surface area contributed by atoms with Crippen molar-refractivity contribution in [2.24, 2.45) is 4.99 Å². The number of nitrogens with zero attached hydrogens (tertiary/aromatic N) is 1. The van der Waals surface area contributed by atoms with Crippen LogP contribution >= 0.6 is 24.0 Å². The van der Waals surface area contributed by atoms with Crippen molar-refractivity contribution in [3.8, 4) is 0 Å². The Labute approximate surface area is 196 Å². The van der Waals surface area contributed by atoms with Crippen LogP contribution in [-0.2, 0) is 4.74 Å². The molecule has 0 saturated heterocycles. The monoisotopic (exact) mass is 524 g/mol. The maximum Gasteiger partial charge on any atom is 0.251 e. The van der Waals surface area contributed by atoms with E-state index in [0.717, 1.165) is 18.9 Å². The molecule has 0 bridgehead atoms. The highest BCUT2D eigenvalue weighted by Gasteiger charge is 2.05. The minimum Gasteiger partial charge on any atom is -0.374 e. The number of benzene rings is 2. The van der Waals surface area contributed by atoms with E-state index >= 15 is 0 Å². The van der Waals surface area contributed by atoms with Crippen molar-refractivity contribution in [1.82, 2.24) is 16.0 Å². The molecule has 7 heteroatoms. The Hall–Kier alpha value is -2.13. The van der Waals surface area contributed by atoms with Crippen LogP contribution in [0.5, 0.6) is 0 Å². The van der Waals surface area contributed by atoms with E-state index in [9.17, 15) is 4.79 Å². The number of hydrogen-bond donors (Lipinski definition) is 3. The van der Waals surface area contributed by atoms with Gasteiger partial charge < -0.3 is 20.7 Å². The summed E-state index contributed by atoms with van der Waals surface area (Å²) < 4.78 is 5.88. The van der Waals surface area contributed by atoms with Gasteiger partial charge in [-0.1, -0.05) is 48.5 Å². The third-order valence-electron chi connectivity index (χ3n) is 4.29. The molecule has 164 valence electrons. The molecule has 1 unspecified atom stereocenters. The zero-order chi connectivity index (χ0) is 20.7. The number of carbonyl (C=O) groups is 1. The zero-order valence-corrected chi connectivity index (χ0v) is 20.1. The lowest BCUT2D eigenvalue weighted by molar-refractivity contribution is 0.0652. The fourth-order valence-electron chi connectivity index (χ4n) is 2.73. The van der Waals surface area contributed by atoms with Crippen LogP contribution in [0.2, 0.25) is 0 Å². The highest BCUT2D eigenvalue weighted by Crippen LogP contribution is 2.15. The maximum atomic E-state index is 12.0. The van der Waals surface area contributed by atoms with Crippen molar-refractivity contribution < 1.29 is 9.53 Å². The number of rotatable bonds is 11. The Bertz CT molecular complexity index is 741. The zero-order valence-electron chi connectivity index (χ0n) is 17.8. The average molecular weight is 524 g/mol. The number of amides is 1. The molecule has 30 heavy (non-hydrogen) atoms. The molecular weight excluding hydrogens is 491 g/mol. The number of ether oxygens (including phenoxy) is 1. The van der Waals surface area contributed by atoms with Gasteiger partial charge in [0, 0.05) is 38.3 Å². The van der Waals surface area contributed by atoms with Crippen molar-refractivity contribution in [1.29, 1.82) is 0 Å². The van der Waals surface area contributed by atoms with Gasteiger partial charge in [-0.25, -0.2) is 0 Å². The van der Waals surface area contributed by atoms with Gasteiger partial charge in [0.15, 0.2) is 5.96 Å². The van der Waals surface area contributed by atoms with E-state index in [2.05, 4.69) is 40.0 Å². The van der Waals surface area contributed by atoms with Gasteiger partial charge in [0.2, 0.25) is 0 Å². The molecule has 0 radical (unpaired) electrons. The number of carbonyl (C=O) groups excluding carboxylic acids is 1. The van der Waals surface area contributed by atoms with Crippen LogP contribution in [0.1, 0.15) is 42.3 Å². The fraction of sp³-hybridized carbons (Fsp3) is 0.391. The first-order valence-electron chi connectivity index (χ1n) is 10.2. The second kappa shape index (κ2) is 15.7. The Kier molecular flexibility index (Phi) is 13.5. The Morgan fingerprint density at radius 2 is 1.60 bits per heavy atom. The Morgan fingerprint density at radius 3 is 2.27 bits per heavy atom. The van der Waals surface area contributed by atoms with E-state index < -0.39 is 0 Å². The summed E-state index contributed by atoms with van der Waals surface area (Å²) in [6.45, 7) is 7.33. The van der Waals surface area contributed by atoms with Crippen LogP contribution in [0.15, 0.2) is 65.7 Å². The third-order valence-corrected chi connectivity index (χ3v) is 4.29. The van der Waals surface area contributed by atoms with Crippen LogP contribution in [0.3, 0.4) is 0 Å². The minimum atomic E-state index is -0.0703. The summed E-state index contributed by atoms with van der Waals surface area (Å²) in [7, 11) is 0. The van der Waals surface area contributed by atoms with Gasteiger partial charge in [-0.3, -0.25) is 9.79 Å². The smallest absolute Gasteiger partial charge is 0.251 e. The second-order valence-electron chi connectivity index (χ2n) is 6.59. The molecule has 0 spiro atoms. The summed E-state index contributed by atoms with van der Waals surface area (Å²) in [4.78, 5) is 16.6. The van der Waals surface area contributed by atoms with Crippen LogP contribution in [0, 0.1) is 0 Å². The molecule has 3 N–H and O–H groups in total. The molecule has 0 fully saturated rings. The maximum absolute atomic E-state index is 12.0. The van der Waals surface area contributed by atoms with Crippen molar-refractivity contribution in [3.63, 3.8) is 0 Å². The molecule has 2 aromatic carbocycles. The lowest BCUT2D eigenvalue weighted by atomic mass is 10.1. The van der Waals surface area contributed by atoms with Crippen LogP contribution < -0.4 is 16.0 Å². The van der Waals surface area contributed by atoms with Crippen molar-refractivity contribution in [3.05, 3.63) is 71.8 Å². The molecule has 2 aromatic rings. The summed E-state index contributed by atoms with van der Waals surface area (Å²) in [6, 6.07) is 19.4.